The molecule has 0 spiro atoms. The first-order valence-corrected chi connectivity index (χ1v) is 10.2. The van der Waals surface area contributed by atoms with Crippen molar-refractivity contribution in [1.82, 2.24) is 10.2 Å². The van der Waals surface area contributed by atoms with E-state index in [2.05, 4.69) is 27.2 Å². The number of hydrogen-bond acceptors (Lipinski definition) is 5. The van der Waals surface area contributed by atoms with Gasteiger partial charge in [-0.3, -0.25) is 9.69 Å². The van der Waals surface area contributed by atoms with Crippen LogP contribution in [-0.4, -0.2) is 63.3 Å². The van der Waals surface area contributed by atoms with Crippen molar-refractivity contribution in [2.45, 2.75) is 19.6 Å². The number of carbonyl (C=O) groups excluding carboxylic acids is 1. The minimum Gasteiger partial charge on any atom is -0.497 e. The third-order valence-electron chi connectivity index (χ3n) is 5.06. The maximum atomic E-state index is 12.3. The van der Waals surface area contributed by atoms with E-state index in [0.29, 0.717) is 19.8 Å². The molecule has 1 saturated heterocycles. The van der Waals surface area contributed by atoms with Gasteiger partial charge in [0.15, 0.2) is 0 Å². The first-order chi connectivity index (χ1) is 14.1. The average Bonchev–Trinajstić information content (AvgIpc) is 2.75. The summed E-state index contributed by atoms with van der Waals surface area (Å²) in [5.41, 5.74) is 2.33. The Hall–Kier alpha value is -2.57. The fourth-order valence-corrected chi connectivity index (χ4v) is 3.45. The molecule has 0 aromatic heterocycles. The summed E-state index contributed by atoms with van der Waals surface area (Å²) in [6, 6.07) is 18.2. The van der Waals surface area contributed by atoms with Gasteiger partial charge in [-0.1, -0.05) is 30.3 Å². The number of carbonyl (C=O) groups is 1. The number of benzene rings is 2. The largest absolute Gasteiger partial charge is 0.497 e. The molecule has 0 aliphatic carbocycles. The van der Waals surface area contributed by atoms with Gasteiger partial charge >= 0.3 is 0 Å². The number of amides is 1. The molecule has 6 heteroatoms. The number of nitrogens with one attached hydrogen (secondary N) is 1. The molecular weight excluding hydrogens is 366 g/mol. The van der Waals surface area contributed by atoms with Crippen LogP contribution in [0.2, 0.25) is 0 Å². The van der Waals surface area contributed by atoms with E-state index in [1.54, 1.807) is 7.11 Å². The lowest BCUT2D eigenvalue weighted by atomic mass is 10.2. The molecule has 3 rings (SSSR count). The minimum absolute atomic E-state index is 0.00759. The van der Waals surface area contributed by atoms with Gasteiger partial charge in [0.1, 0.15) is 5.75 Å². The third-order valence-corrected chi connectivity index (χ3v) is 5.06. The maximum Gasteiger partial charge on any atom is 0.234 e. The van der Waals surface area contributed by atoms with Crippen molar-refractivity contribution >= 4 is 11.6 Å². The van der Waals surface area contributed by atoms with Crippen molar-refractivity contribution < 1.29 is 14.3 Å². The molecule has 1 aliphatic heterocycles. The highest BCUT2D eigenvalue weighted by Crippen LogP contribution is 2.20. The summed E-state index contributed by atoms with van der Waals surface area (Å²) in [7, 11) is 1.68. The molecule has 156 valence electrons. The summed E-state index contributed by atoms with van der Waals surface area (Å²) in [6.45, 7) is 7.05. The summed E-state index contributed by atoms with van der Waals surface area (Å²) in [4.78, 5) is 16.9. The van der Waals surface area contributed by atoms with Crippen LogP contribution in [0.3, 0.4) is 0 Å². The Balaban J connectivity index is 1.33. The third kappa shape index (κ3) is 6.76. The lowest BCUT2D eigenvalue weighted by Gasteiger charge is -2.35. The second-order valence-electron chi connectivity index (χ2n) is 7.43. The number of anilines is 1. The molecule has 2 aromatic rings. The van der Waals surface area contributed by atoms with Gasteiger partial charge in [-0.25, -0.2) is 0 Å². The van der Waals surface area contributed by atoms with E-state index < -0.39 is 0 Å². The standard InChI is InChI=1S/C23H31N3O3/c1-19(17-29-18-20-6-4-3-5-7-20)24-23(27)16-25-12-14-26(15-13-25)21-8-10-22(28-2)11-9-21/h3-11,19H,12-18H2,1-2H3,(H,24,27)/t19-/m1/s1. The highest BCUT2D eigenvalue weighted by atomic mass is 16.5. The second kappa shape index (κ2) is 10.8. The Kier molecular flexibility index (Phi) is 7.90. The van der Waals surface area contributed by atoms with E-state index in [-0.39, 0.29) is 11.9 Å². The summed E-state index contributed by atoms with van der Waals surface area (Å²) in [6.07, 6.45) is 0. The van der Waals surface area contributed by atoms with Crippen molar-refractivity contribution in [2.75, 3.05) is 51.3 Å². The summed E-state index contributed by atoms with van der Waals surface area (Å²) in [5.74, 6) is 0.921. The van der Waals surface area contributed by atoms with Crippen LogP contribution in [-0.2, 0) is 16.1 Å². The predicted molar refractivity (Wildman–Crippen MR) is 115 cm³/mol. The smallest absolute Gasteiger partial charge is 0.234 e. The van der Waals surface area contributed by atoms with Crippen molar-refractivity contribution in [1.29, 1.82) is 0 Å². The van der Waals surface area contributed by atoms with E-state index in [9.17, 15) is 4.79 Å². The Morgan fingerprint density at radius 3 is 2.38 bits per heavy atom. The molecule has 0 unspecified atom stereocenters. The van der Waals surface area contributed by atoms with Crippen LogP contribution in [0.1, 0.15) is 12.5 Å². The van der Waals surface area contributed by atoms with Crippen molar-refractivity contribution in [3.8, 4) is 5.75 Å². The van der Waals surface area contributed by atoms with Gasteiger partial charge in [-0.2, -0.15) is 0 Å². The molecular formula is C23H31N3O3. The number of methoxy groups -OCH3 is 1. The van der Waals surface area contributed by atoms with E-state index in [1.165, 1.54) is 5.69 Å². The predicted octanol–water partition coefficient (Wildman–Crippen LogP) is 2.54. The molecule has 29 heavy (non-hydrogen) atoms. The first kappa shape index (κ1) is 21.1. The number of ether oxygens (including phenoxy) is 2. The molecule has 1 atom stereocenters. The van der Waals surface area contributed by atoms with Gasteiger partial charge in [0.05, 0.1) is 26.9 Å². The molecule has 0 bridgehead atoms. The summed E-state index contributed by atoms with van der Waals surface area (Å²) >= 11 is 0. The Bertz CT molecular complexity index is 744. The Labute approximate surface area is 173 Å². The monoisotopic (exact) mass is 397 g/mol. The number of rotatable bonds is 9. The van der Waals surface area contributed by atoms with Crippen LogP contribution < -0.4 is 15.0 Å². The van der Waals surface area contributed by atoms with Gasteiger partial charge in [0.2, 0.25) is 5.91 Å². The van der Waals surface area contributed by atoms with Gasteiger partial charge in [-0.05, 0) is 36.8 Å². The molecule has 0 saturated carbocycles. The molecule has 1 fully saturated rings. The minimum atomic E-state index is -0.00759. The van der Waals surface area contributed by atoms with Crippen LogP contribution in [0.25, 0.3) is 0 Å². The molecule has 6 nitrogen and oxygen atoms in total. The average molecular weight is 398 g/mol. The van der Waals surface area contributed by atoms with Gasteiger partial charge < -0.3 is 19.7 Å². The maximum absolute atomic E-state index is 12.3. The lowest BCUT2D eigenvalue weighted by molar-refractivity contribution is -0.123. The van der Waals surface area contributed by atoms with Crippen molar-refractivity contribution in [3.05, 3.63) is 60.2 Å². The SMILES string of the molecule is COc1ccc(N2CCN(CC(=O)N[C@H](C)COCc3ccccc3)CC2)cc1. The van der Waals surface area contributed by atoms with Gasteiger partial charge in [0.25, 0.3) is 0 Å². The quantitative estimate of drug-likeness (QED) is 0.705. The van der Waals surface area contributed by atoms with Crippen molar-refractivity contribution in [3.63, 3.8) is 0 Å². The van der Waals surface area contributed by atoms with Crippen molar-refractivity contribution in [2.24, 2.45) is 0 Å². The van der Waals surface area contributed by atoms with Crippen LogP contribution in [0.4, 0.5) is 5.69 Å². The van der Waals surface area contributed by atoms with E-state index in [1.807, 2.05) is 49.4 Å². The zero-order chi connectivity index (χ0) is 20.5. The molecule has 1 N–H and O–H groups in total. The Morgan fingerprint density at radius 1 is 1.03 bits per heavy atom. The summed E-state index contributed by atoms with van der Waals surface area (Å²) in [5, 5.41) is 3.04. The lowest BCUT2D eigenvalue weighted by Crippen LogP contribution is -2.50. The molecule has 1 aliphatic rings. The number of nitrogens with zero attached hydrogens (tertiary/aromatic N) is 2. The van der Waals surface area contributed by atoms with Crippen LogP contribution in [0.5, 0.6) is 5.75 Å². The highest BCUT2D eigenvalue weighted by Gasteiger charge is 2.20. The van der Waals surface area contributed by atoms with Crippen LogP contribution >= 0.6 is 0 Å². The second-order valence-corrected chi connectivity index (χ2v) is 7.43. The summed E-state index contributed by atoms with van der Waals surface area (Å²) < 4.78 is 10.9. The van der Waals surface area contributed by atoms with E-state index in [0.717, 1.165) is 37.5 Å². The molecule has 2 aromatic carbocycles. The van der Waals surface area contributed by atoms with E-state index >= 15 is 0 Å². The first-order valence-electron chi connectivity index (χ1n) is 10.2. The molecule has 1 amide bonds. The fourth-order valence-electron chi connectivity index (χ4n) is 3.45. The molecule has 1 heterocycles. The van der Waals surface area contributed by atoms with Gasteiger partial charge in [0, 0.05) is 37.9 Å². The zero-order valence-electron chi connectivity index (χ0n) is 17.3. The Morgan fingerprint density at radius 2 is 1.72 bits per heavy atom. The van der Waals surface area contributed by atoms with Crippen LogP contribution in [0.15, 0.2) is 54.6 Å². The zero-order valence-corrected chi connectivity index (χ0v) is 17.3. The number of piperazine rings is 1. The van der Waals surface area contributed by atoms with E-state index in [4.69, 9.17) is 9.47 Å². The molecule has 0 radical (unpaired) electrons. The topological polar surface area (TPSA) is 54.0 Å². The normalized spacial score (nSPS) is 15.7. The number of hydrogen-bond donors (Lipinski definition) is 1. The van der Waals surface area contributed by atoms with Gasteiger partial charge in [-0.15, -0.1) is 0 Å². The fraction of sp³-hybridized carbons (Fsp3) is 0.435. The highest BCUT2D eigenvalue weighted by molar-refractivity contribution is 5.78. The van der Waals surface area contributed by atoms with Crippen LogP contribution in [0, 0.1) is 0 Å².